The second-order valence-electron chi connectivity index (χ2n) is 11.4. The number of phenolic OH excluding ortho intramolecular Hbond substituents is 1. The normalized spacial score (nSPS) is 18.2. The zero-order valence-corrected chi connectivity index (χ0v) is 27.3. The molecule has 1 aromatic heterocycles. The Morgan fingerprint density at radius 3 is 2.52 bits per heavy atom. The first-order chi connectivity index (χ1) is 21.8. The molecule has 3 amide bonds. The van der Waals surface area contributed by atoms with E-state index in [1.54, 1.807) is 19.1 Å². The second kappa shape index (κ2) is 12.3. The van der Waals surface area contributed by atoms with Gasteiger partial charge in [-0.25, -0.2) is 4.79 Å². The van der Waals surface area contributed by atoms with Gasteiger partial charge in [0.15, 0.2) is 0 Å². The molecular formula is C31H26Cl3F2N5O4S. The molecule has 2 aliphatic heterocycles. The number of amides is 3. The number of alkyl halides is 3. The van der Waals surface area contributed by atoms with Crippen LogP contribution in [0.5, 0.6) is 5.75 Å². The van der Waals surface area contributed by atoms with Crippen LogP contribution in [0.3, 0.4) is 0 Å². The predicted molar refractivity (Wildman–Crippen MR) is 170 cm³/mol. The average Bonchev–Trinajstić information content (AvgIpc) is 3.77. The minimum Gasteiger partial charge on any atom is -0.505 e. The van der Waals surface area contributed by atoms with Gasteiger partial charge in [-0.05, 0) is 78.7 Å². The van der Waals surface area contributed by atoms with Crippen molar-refractivity contribution in [3.63, 3.8) is 0 Å². The molecule has 46 heavy (non-hydrogen) atoms. The zero-order valence-electron chi connectivity index (χ0n) is 24.3. The summed E-state index contributed by atoms with van der Waals surface area (Å²) in [6.07, 6.45) is 2.40. The van der Waals surface area contributed by atoms with Gasteiger partial charge in [0.1, 0.15) is 17.0 Å². The van der Waals surface area contributed by atoms with Gasteiger partial charge in [0.25, 0.3) is 11.5 Å². The van der Waals surface area contributed by atoms with E-state index in [0.29, 0.717) is 35.5 Å². The number of aromatic nitrogens is 1. The smallest absolute Gasteiger partial charge is 0.362 e. The van der Waals surface area contributed by atoms with Gasteiger partial charge in [0.05, 0.1) is 34.3 Å². The van der Waals surface area contributed by atoms with E-state index in [2.05, 4.69) is 6.07 Å². The Hall–Kier alpha value is -3.50. The van der Waals surface area contributed by atoms with E-state index in [1.165, 1.54) is 21.9 Å². The van der Waals surface area contributed by atoms with E-state index < -0.39 is 34.1 Å². The van der Waals surface area contributed by atoms with Crippen molar-refractivity contribution in [3.8, 4) is 11.8 Å². The van der Waals surface area contributed by atoms with Crippen LogP contribution >= 0.6 is 46.6 Å². The van der Waals surface area contributed by atoms with Crippen LogP contribution in [0.4, 0.5) is 19.3 Å². The molecule has 3 aliphatic rings. The molecule has 240 valence electrons. The molecule has 9 nitrogen and oxygen atoms in total. The average molecular weight is 709 g/mol. The molecule has 1 atom stereocenters. The highest BCUT2D eigenvalue weighted by Crippen LogP contribution is 2.48. The molecule has 1 saturated heterocycles. The van der Waals surface area contributed by atoms with Crippen LogP contribution in [0.25, 0.3) is 0 Å². The number of pyridine rings is 1. The highest BCUT2D eigenvalue weighted by Gasteiger charge is 2.42. The summed E-state index contributed by atoms with van der Waals surface area (Å²) in [6, 6.07) is 8.33. The third-order valence-corrected chi connectivity index (χ3v) is 10.7. The van der Waals surface area contributed by atoms with Crippen LogP contribution in [0, 0.1) is 18.3 Å². The number of halogens is 5. The van der Waals surface area contributed by atoms with Gasteiger partial charge < -0.3 is 19.9 Å². The minimum absolute atomic E-state index is 0.0766. The zero-order chi connectivity index (χ0) is 33.1. The monoisotopic (exact) mass is 707 g/mol. The standard InChI is InChI=1S/C31H26Cl3F2N5O4S/c1-15-24-16(12-21(26(15)42)40-11-3-10-39(30(40)45)17-6-7-17)14-41(20(24)8-9-37)29(44)25-22(13-23(31(34,35)36)38-28(25)43)46-27-18(32)4-2-5-19(27)33/h2,4-5,12-13,17,20,42H,3,6-8,10-11,14H2,1H3,(H,38,43). The van der Waals surface area contributed by atoms with E-state index in [9.17, 15) is 33.5 Å². The lowest BCUT2D eigenvalue weighted by atomic mass is 9.95. The number of hydrogen-bond acceptors (Lipinski definition) is 6. The number of urea groups is 1. The molecule has 2 N–H and O–H groups in total. The SMILES string of the molecule is Cc1c(O)c(N2CCCN(C3CC3)C2=O)cc2c1C(CC#N)N(C(=O)c1c(Sc3c(Cl)cccc3Cl)cc(C(F)(F)Cl)[nH]c1=O)C2. The fourth-order valence-electron chi connectivity index (χ4n) is 6.13. The Kier molecular flexibility index (Phi) is 8.65. The Bertz CT molecular complexity index is 1850. The number of H-pyrrole nitrogens is 1. The molecule has 1 aliphatic carbocycles. The number of nitrogens with one attached hydrogen (secondary N) is 1. The van der Waals surface area contributed by atoms with Gasteiger partial charge in [-0.3, -0.25) is 14.5 Å². The van der Waals surface area contributed by atoms with Gasteiger partial charge in [-0.2, -0.15) is 14.0 Å². The number of fused-ring (bicyclic) bond motifs is 1. The van der Waals surface area contributed by atoms with Crippen molar-refractivity contribution in [3.05, 3.63) is 78.7 Å². The van der Waals surface area contributed by atoms with E-state index >= 15 is 0 Å². The Morgan fingerprint density at radius 1 is 1.20 bits per heavy atom. The van der Waals surface area contributed by atoms with Gasteiger partial charge in [-0.15, -0.1) is 0 Å². The van der Waals surface area contributed by atoms with Gasteiger partial charge >= 0.3 is 11.4 Å². The van der Waals surface area contributed by atoms with Gasteiger partial charge in [0.2, 0.25) is 0 Å². The van der Waals surface area contributed by atoms with E-state index in [4.69, 9.17) is 34.8 Å². The molecule has 0 bridgehead atoms. The van der Waals surface area contributed by atoms with Crippen LogP contribution < -0.4 is 10.5 Å². The number of benzene rings is 2. The summed E-state index contributed by atoms with van der Waals surface area (Å²) in [5, 5.41) is 17.5. The Morgan fingerprint density at radius 2 is 1.89 bits per heavy atom. The third kappa shape index (κ3) is 5.79. The van der Waals surface area contributed by atoms with Crippen molar-refractivity contribution in [2.75, 3.05) is 18.0 Å². The first-order valence-corrected chi connectivity index (χ1v) is 16.3. The highest BCUT2D eigenvalue weighted by atomic mass is 35.5. The molecule has 1 saturated carbocycles. The lowest BCUT2D eigenvalue weighted by molar-refractivity contribution is 0.0684. The fourth-order valence-corrected chi connectivity index (χ4v) is 7.87. The quantitative estimate of drug-likeness (QED) is 0.245. The number of nitrogens with zero attached hydrogens (tertiary/aromatic N) is 4. The lowest BCUT2D eigenvalue weighted by Crippen LogP contribution is -2.50. The Balaban J connectivity index is 1.42. The number of hydrogen-bond donors (Lipinski definition) is 2. The molecule has 0 radical (unpaired) electrons. The van der Waals surface area contributed by atoms with Crippen LogP contribution in [-0.4, -0.2) is 51.0 Å². The predicted octanol–water partition coefficient (Wildman–Crippen LogP) is 7.54. The second-order valence-corrected chi connectivity index (χ2v) is 13.7. The summed E-state index contributed by atoms with van der Waals surface area (Å²) in [4.78, 5) is 47.8. The van der Waals surface area contributed by atoms with Crippen LogP contribution in [0.15, 0.2) is 44.9 Å². The van der Waals surface area contributed by atoms with Gasteiger partial charge in [-0.1, -0.05) is 41.0 Å². The van der Waals surface area contributed by atoms with Crippen LogP contribution in [0.2, 0.25) is 10.0 Å². The maximum absolute atomic E-state index is 14.3. The Labute approximate surface area is 281 Å². The molecule has 3 aromatic rings. The molecular weight excluding hydrogens is 683 g/mol. The summed E-state index contributed by atoms with van der Waals surface area (Å²) in [6.45, 7) is 2.61. The summed E-state index contributed by atoms with van der Waals surface area (Å²) in [7, 11) is 0. The number of carbonyl (C=O) groups excluding carboxylic acids is 2. The molecule has 3 heterocycles. The topological polar surface area (TPSA) is 121 Å². The van der Waals surface area contributed by atoms with E-state index in [0.717, 1.165) is 37.1 Å². The van der Waals surface area contributed by atoms with Crippen molar-refractivity contribution in [2.24, 2.45) is 0 Å². The number of phenols is 1. The lowest BCUT2D eigenvalue weighted by Gasteiger charge is -2.36. The third-order valence-electron chi connectivity index (χ3n) is 8.44. The van der Waals surface area contributed by atoms with Crippen molar-refractivity contribution in [2.45, 2.75) is 66.4 Å². The number of rotatable bonds is 7. The van der Waals surface area contributed by atoms with E-state index in [1.807, 2.05) is 9.88 Å². The fraction of sp³-hybridized carbons (Fsp3) is 0.355. The number of nitriles is 1. The van der Waals surface area contributed by atoms with Crippen molar-refractivity contribution < 1.29 is 23.5 Å². The number of anilines is 1. The molecule has 0 spiro atoms. The highest BCUT2D eigenvalue weighted by molar-refractivity contribution is 7.99. The molecule has 2 fully saturated rings. The molecule has 1 unspecified atom stereocenters. The van der Waals surface area contributed by atoms with Crippen LogP contribution in [-0.2, 0) is 11.9 Å². The summed E-state index contributed by atoms with van der Waals surface area (Å²) >= 11 is 18.7. The maximum Gasteiger partial charge on any atom is 0.362 e. The first kappa shape index (κ1) is 32.4. The maximum atomic E-state index is 14.3. The van der Waals surface area contributed by atoms with Gasteiger partial charge in [0, 0.05) is 35.5 Å². The number of carbonyl (C=O) groups is 2. The van der Waals surface area contributed by atoms with Crippen molar-refractivity contribution >= 4 is 64.2 Å². The number of aromatic hydroxyl groups is 1. The first-order valence-electron chi connectivity index (χ1n) is 14.4. The van der Waals surface area contributed by atoms with Crippen molar-refractivity contribution in [1.82, 2.24) is 14.8 Å². The largest absolute Gasteiger partial charge is 0.505 e. The van der Waals surface area contributed by atoms with E-state index in [-0.39, 0.29) is 50.6 Å². The molecule has 6 rings (SSSR count). The molecule has 2 aromatic carbocycles. The van der Waals surface area contributed by atoms with Crippen molar-refractivity contribution in [1.29, 1.82) is 5.26 Å². The summed E-state index contributed by atoms with van der Waals surface area (Å²) in [5.74, 6) is -0.986. The molecule has 15 heteroatoms. The summed E-state index contributed by atoms with van der Waals surface area (Å²) in [5.41, 5.74) is -0.747. The number of aromatic amines is 1. The van der Waals surface area contributed by atoms with Crippen LogP contribution in [0.1, 0.15) is 64.5 Å². The minimum atomic E-state index is -3.96. The summed E-state index contributed by atoms with van der Waals surface area (Å²) < 4.78 is 28.4.